The molecule has 0 saturated heterocycles. The molecular weight excluding hydrogens is 236 g/mol. The van der Waals surface area contributed by atoms with E-state index in [4.69, 9.17) is 5.14 Å². The van der Waals surface area contributed by atoms with Crippen molar-refractivity contribution in [3.8, 4) is 0 Å². The number of primary sulfonamides is 1. The first-order valence-electron chi connectivity index (χ1n) is 5.82. The van der Waals surface area contributed by atoms with Crippen LogP contribution in [-0.4, -0.2) is 14.5 Å². The predicted octanol–water partition coefficient (Wildman–Crippen LogP) is 1.22. The predicted molar refractivity (Wildman–Crippen MR) is 66.8 cm³/mol. The summed E-state index contributed by atoms with van der Waals surface area (Å²) in [6.45, 7) is 2.85. The van der Waals surface area contributed by atoms with Crippen molar-refractivity contribution in [1.29, 1.82) is 0 Å². The van der Waals surface area contributed by atoms with Crippen molar-refractivity contribution in [1.82, 2.24) is 5.32 Å². The van der Waals surface area contributed by atoms with Crippen molar-refractivity contribution in [2.75, 3.05) is 0 Å². The zero-order valence-corrected chi connectivity index (χ0v) is 10.7. The topological polar surface area (TPSA) is 72.2 Å². The molecule has 1 aliphatic carbocycles. The molecule has 0 spiro atoms. The molecule has 5 heteroatoms. The van der Waals surface area contributed by atoms with Gasteiger partial charge in [-0.05, 0) is 43.4 Å². The summed E-state index contributed by atoms with van der Waals surface area (Å²) in [7, 11) is -3.60. The van der Waals surface area contributed by atoms with Crippen LogP contribution in [0.4, 0.5) is 0 Å². The Morgan fingerprint density at radius 3 is 2.76 bits per heavy atom. The van der Waals surface area contributed by atoms with Crippen LogP contribution in [0, 0.1) is 5.92 Å². The third-order valence-corrected chi connectivity index (χ3v) is 4.10. The summed E-state index contributed by atoms with van der Waals surface area (Å²) in [5.74, 6) is 0.788. The second-order valence-corrected chi connectivity index (χ2v) is 6.26. The van der Waals surface area contributed by atoms with Gasteiger partial charge in [0.25, 0.3) is 0 Å². The molecule has 0 amide bonds. The third-order valence-electron chi connectivity index (χ3n) is 3.18. The number of benzene rings is 1. The van der Waals surface area contributed by atoms with Crippen LogP contribution in [0.2, 0.25) is 0 Å². The molecule has 1 unspecified atom stereocenters. The monoisotopic (exact) mass is 254 g/mol. The molecule has 3 N–H and O–H groups in total. The first-order valence-corrected chi connectivity index (χ1v) is 7.36. The van der Waals surface area contributed by atoms with Gasteiger partial charge in [0.15, 0.2) is 0 Å². The summed E-state index contributed by atoms with van der Waals surface area (Å²) in [5, 5.41) is 8.50. The molecular formula is C12H18N2O2S. The van der Waals surface area contributed by atoms with Crippen LogP contribution in [0.3, 0.4) is 0 Å². The molecule has 1 atom stereocenters. The van der Waals surface area contributed by atoms with E-state index in [2.05, 4.69) is 12.2 Å². The number of hydrogen-bond acceptors (Lipinski definition) is 3. The highest BCUT2D eigenvalue weighted by atomic mass is 32.2. The third kappa shape index (κ3) is 3.52. The van der Waals surface area contributed by atoms with E-state index in [9.17, 15) is 8.42 Å². The van der Waals surface area contributed by atoms with E-state index >= 15 is 0 Å². The van der Waals surface area contributed by atoms with Gasteiger partial charge in [-0.1, -0.05) is 12.1 Å². The Morgan fingerprint density at radius 1 is 1.47 bits per heavy atom. The zero-order valence-electron chi connectivity index (χ0n) is 9.89. The van der Waals surface area contributed by atoms with Crippen LogP contribution in [0.1, 0.15) is 25.3 Å². The van der Waals surface area contributed by atoms with Gasteiger partial charge in [-0.2, -0.15) is 0 Å². The van der Waals surface area contributed by atoms with Crippen molar-refractivity contribution in [3.63, 3.8) is 0 Å². The zero-order chi connectivity index (χ0) is 12.5. The van der Waals surface area contributed by atoms with Gasteiger partial charge in [-0.15, -0.1) is 0 Å². The van der Waals surface area contributed by atoms with E-state index in [1.165, 1.54) is 18.9 Å². The fourth-order valence-corrected chi connectivity index (χ4v) is 2.46. The van der Waals surface area contributed by atoms with Crippen molar-refractivity contribution >= 4 is 10.0 Å². The fraction of sp³-hybridized carbons (Fsp3) is 0.500. The normalized spacial score (nSPS) is 18.0. The van der Waals surface area contributed by atoms with Gasteiger partial charge in [-0.3, -0.25) is 0 Å². The first-order chi connectivity index (χ1) is 7.97. The van der Waals surface area contributed by atoms with Crippen LogP contribution in [0.5, 0.6) is 0 Å². The van der Waals surface area contributed by atoms with E-state index < -0.39 is 10.0 Å². The Bertz CT molecular complexity index is 495. The van der Waals surface area contributed by atoms with Gasteiger partial charge in [0.05, 0.1) is 4.90 Å². The molecule has 4 nitrogen and oxygen atoms in total. The molecule has 1 aliphatic rings. The molecule has 0 bridgehead atoms. The smallest absolute Gasteiger partial charge is 0.238 e. The summed E-state index contributed by atoms with van der Waals surface area (Å²) in [6, 6.07) is 7.26. The van der Waals surface area contributed by atoms with Gasteiger partial charge >= 0.3 is 0 Å². The largest absolute Gasteiger partial charge is 0.310 e. The van der Waals surface area contributed by atoms with Crippen molar-refractivity contribution < 1.29 is 8.42 Å². The van der Waals surface area contributed by atoms with E-state index in [1.54, 1.807) is 12.1 Å². The second-order valence-electron chi connectivity index (χ2n) is 4.70. The molecule has 0 aliphatic heterocycles. The molecule has 1 aromatic carbocycles. The Labute approximate surface area is 102 Å². The standard InChI is InChI=1S/C12H18N2O2S/c1-9(11-5-6-11)14-8-10-3-2-4-12(7-10)17(13,15)16/h2-4,7,9,11,14H,5-6,8H2,1H3,(H2,13,15,16). The lowest BCUT2D eigenvalue weighted by Crippen LogP contribution is -2.27. The van der Waals surface area contributed by atoms with E-state index in [-0.39, 0.29) is 4.90 Å². The number of nitrogens with two attached hydrogens (primary N) is 1. The molecule has 1 saturated carbocycles. The van der Waals surface area contributed by atoms with E-state index in [0.29, 0.717) is 12.6 Å². The van der Waals surface area contributed by atoms with Crippen molar-refractivity contribution in [3.05, 3.63) is 29.8 Å². The molecule has 1 fully saturated rings. The quantitative estimate of drug-likeness (QED) is 0.830. The molecule has 94 valence electrons. The van der Waals surface area contributed by atoms with Crippen LogP contribution < -0.4 is 10.5 Å². The minimum Gasteiger partial charge on any atom is -0.310 e. The maximum absolute atomic E-state index is 11.2. The van der Waals surface area contributed by atoms with E-state index in [1.807, 2.05) is 6.07 Å². The Morgan fingerprint density at radius 2 is 2.18 bits per heavy atom. The first kappa shape index (κ1) is 12.5. The fourth-order valence-electron chi connectivity index (χ4n) is 1.87. The van der Waals surface area contributed by atoms with Gasteiger partial charge in [0, 0.05) is 12.6 Å². The van der Waals surface area contributed by atoms with Crippen LogP contribution in [-0.2, 0) is 16.6 Å². The Kier molecular flexibility index (Phi) is 3.51. The minimum absolute atomic E-state index is 0.177. The van der Waals surface area contributed by atoms with E-state index in [0.717, 1.165) is 11.5 Å². The molecule has 0 aromatic heterocycles. The Balaban J connectivity index is 2.01. The number of rotatable bonds is 5. The summed E-state index contributed by atoms with van der Waals surface area (Å²) in [6.07, 6.45) is 2.59. The number of nitrogens with one attached hydrogen (secondary N) is 1. The number of sulfonamides is 1. The van der Waals surface area contributed by atoms with Crippen LogP contribution >= 0.6 is 0 Å². The second kappa shape index (κ2) is 4.76. The average Bonchev–Trinajstić information content (AvgIpc) is 3.09. The summed E-state index contributed by atoms with van der Waals surface area (Å²) >= 11 is 0. The summed E-state index contributed by atoms with van der Waals surface area (Å²) < 4.78 is 22.4. The minimum atomic E-state index is -3.60. The van der Waals surface area contributed by atoms with Crippen molar-refractivity contribution in [2.24, 2.45) is 11.1 Å². The van der Waals surface area contributed by atoms with Gasteiger partial charge in [0.2, 0.25) is 10.0 Å². The van der Waals surface area contributed by atoms with Crippen LogP contribution in [0.15, 0.2) is 29.2 Å². The lowest BCUT2D eigenvalue weighted by molar-refractivity contribution is 0.496. The Hall–Kier alpha value is -0.910. The van der Waals surface area contributed by atoms with Crippen molar-refractivity contribution in [2.45, 2.75) is 37.2 Å². The highest BCUT2D eigenvalue weighted by molar-refractivity contribution is 7.89. The average molecular weight is 254 g/mol. The number of hydrogen-bond donors (Lipinski definition) is 2. The molecule has 0 heterocycles. The molecule has 0 radical (unpaired) electrons. The lowest BCUT2D eigenvalue weighted by Gasteiger charge is -2.12. The van der Waals surface area contributed by atoms with Crippen LogP contribution in [0.25, 0.3) is 0 Å². The van der Waals surface area contributed by atoms with Gasteiger partial charge < -0.3 is 5.32 Å². The maximum atomic E-state index is 11.2. The summed E-state index contributed by atoms with van der Waals surface area (Å²) in [5.41, 5.74) is 0.948. The highest BCUT2D eigenvalue weighted by Gasteiger charge is 2.27. The lowest BCUT2D eigenvalue weighted by atomic mass is 10.2. The highest BCUT2D eigenvalue weighted by Crippen LogP contribution is 2.32. The van der Waals surface area contributed by atoms with Gasteiger partial charge in [-0.25, -0.2) is 13.6 Å². The molecule has 17 heavy (non-hydrogen) atoms. The van der Waals surface area contributed by atoms with Gasteiger partial charge in [0.1, 0.15) is 0 Å². The molecule has 2 rings (SSSR count). The maximum Gasteiger partial charge on any atom is 0.238 e. The SMILES string of the molecule is CC(NCc1cccc(S(N)(=O)=O)c1)C1CC1. The molecule has 1 aromatic rings. The summed E-state index contributed by atoms with van der Waals surface area (Å²) in [4.78, 5) is 0.177.